The summed E-state index contributed by atoms with van der Waals surface area (Å²) >= 11 is 0. The molecule has 0 atom stereocenters. The van der Waals surface area contributed by atoms with E-state index in [1.165, 1.54) is 6.92 Å². The van der Waals surface area contributed by atoms with E-state index in [1.54, 1.807) is 9.47 Å². The molecular weight excluding hydrogens is 412 g/mol. The van der Waals surface area contributed by atoms with Crippen LogP contribution < -0.4 is 4.90 Å². The molecule has 0 fully saturated rings. The Balaban J connectivity index is 1.83. The molecule has 5 heteroatoms. The van der Waals surface area contributed by atoms with Crippen molar-refractivity contribution in [1.29, 1.82) is 0 Å². The third kappa shape index (κ3) is 4.98. The van der Waals surface area contributed by atoms with Crippen molar-refractivity contribution in [2.24, 2.45) is 0 Å². The maximum atomic E-state index is 13.2. The lowest BCUT2D eigenvalue weighted by Crippen LogP contribution is -2.36. The largest absolute Gasteiger partial charge is 0.443 e. The summed E-state index contributed by atoms with van der Waals surface area (Å²) in [4.78, 5) is 27.2. The predicted molar refractivity (Wildman–Crippen MR) is 133 cm³/mol. The summed E-state index contributed by atoms with van der Waals surface area (Å²) in [6.07, 6.45) is 1.43. The Morgan fingerprint density at radius 3 is 2.15 bits per heavy atom. The Kier molecular flexibility index (Phi) is 6.05. The lowest BCUT2D eigenvalue weighted by Gasteiger charge is -2.27. The molecule has 0 bridgehead atoms. The van der Waals surface area contributed by atoms with Crippen LogP contribution in [0.5, 0.6) is 0 Å². The Hall–Kier alpha value is -3.86. The topological polar surface area (TPSA) is 51.5 Å². The molecule has 1 amide bonds. The quantitative estimate of drug-likeness (QED) is 0.346. The Bertz CT molecular complexity index is 1290. The summed E-state index contributed by atoms with van der Waals surface area (Å²) in [5.41, 5.74) is 3.77. The normalized spacial score (nSPS) is 11.4. The molecule has 5 nitrogen and oxygen atoms in total. The zero-order valence-electron chi connectivity index (χ0n) is 19.4. The van der Waals surface area contributed by atoms with E-state index in [9.17, 15) is 9.59 Å². The highest BCUT2D eigenvalue weighted by molar-refractivity contribution is 6.03. The molecule has 0 saturated heterocycles. The van der Waals surface area contributed by atoms with Gasteiger partial charge in [0.05, 0.1) is 12.1 Å². The van der Waals surface area contributed by atoms with Crippen LogP contribution in [-0.4, -0.2) is 22.2 Å². The molecule has 0 saturated carbocycles. The van der Waals surface area contributed by atoms with Crippen LogP contribution in [0.3, 0.4) is 0 Å². The molecule has 168 valence electrons. The number of anilines is 1. The van der Waals surface area contributed by atoms with Gasteiger partial charge in [-0.05, 0) is 44.0 Å². The lowest BCUT2D eigenvalue weighted by atomic mass is 10.0. The van der Waals surface area contributed by atoms with Crippen LogP contribution in [0.15, 0.2) is 85.1 Å². The first-order valence-electron chi connectivity index (χ1n) is 11.0. The van der Waals surface area contributed by atoms with Crippen molar-refractivity contribution in [3.05, 3.63) is 90.6 Å². The van der Waals surface area contributed by atoms with E-state index in [2.05, 4.69) is 0 Å². The molecule has 1 aromatic heterocycles. The summed E-state index contributed by atoms with van der Waals surface area (Å²) in [5, 5.41) is 0.948. The third-order valence-electron chi connectivity index (χ3n) is 5.32. The minimum Gasteiger partial charge on any atom is -0.443 e. The molecular formula is C28H28N2O3. The monoisotopic (exact) mass is 440 g/mol. The number of carbonyl (C=O) groups excluding carboxylic acids is 2. The zero-order valence-corrected chi connectivity index (χ0v) is 19.4. The summed E-state index contributed by atoms with van der Waals surface area (Å²) < 4.78 is 7.34. The number of benzene rings is 3. The molecule has 0 aliphatic rings. The van der Waals surface area contributed by atoms with Crippen molar-refractivity contribution in [3.63, 3.8) is 0 Å². The van der Waals surface area contributed by atoms with Crippen molar-refractivity contribution in [2.75, 3.05) is 4.90 Å². The molecule has 0 N–H and O–H groups in total. The number of hydrogen-bond acceptors (Lipinski definition) is 3. The van der Waals surface area contributed by atoms with E-state index in [1.807, 2.05) is 106 Å². The number of fused-ring (bicyclic) bond motifs is 1. The first kappa shape index (κ1) is 22.3. The first-order valence-corrected chi connectivity index (χ1v) is 11.0. The number of nitrogens with zero attached hydrogens (tertiary/aromatic N) is 2. The molecule has 1 heterocycles. The molecule has 0 aliphatic heterocycles. The van der Waals surface area contributed by atoms with Gasteiger partial charge >= 0.3 is 6.09 Å². The minimum atomic E-state index is -0.629. The van der Waals surface area contributed by atoms with Crippen molar-refractivity contribution in [1.82, 2.24) is 4.57 Å². The van der Waals surface area contributed by atoms with Crippen LogP contribution in [0.25, 0.3) is 22.0 Å². The second kappa shape index (κ2) is 8.94. The van der Waals surface area contributed by atoms with Crippen molar-refractivity contribution < 1.29 is 14.3 Å². The van der Waals surface area contributed by atoms with Gasteiger partial charge in [-0.2, -0.15) is 0 Å². The SMILES string of the molecule is CC(=O)n1cc(-c2ccccc2)c2ccc(N(Cc3ccccc3)C(=O)OC(C)(C)C)cc21. The van der Waals surface area contributed by atoms with Crippen molar-refractivity contribution >= 4 is 28.6 Å². The van der Waals surface area contributed by atoms with Gasteiger partial charge in [-0.25, -0.2) is 4.79 Å². The molecule has 0 unspecified atom stereocenters. The Morgan fingerprint density at radius 1 is 0.909 bits per heavy atom. The van der Waals surface area contributed by atoms with Crippen molar-refractivity contribution in [3.8, 4) is 11.1 Å². The number of aromatic nitrogens is 1. The average Bonchev–Trinajstić information content (AvgIpc) is 3.17. The predicted octanol–water partition coefficient (Wildman–Crippen LogP) is 6.91. The summed E-state index contributed by atoms with van der Waals surface area (Å²) in [5.74, 6) is -0.0915. The van der Waals surface area contributed by atoms with Crippen LogP contribution in [0.2, 0.25) is 0 Å². The molecule has 3 aromatic carbocycles. The standard InChI is InChI=1S/C28H28N2O3/c1-20(31)29-19-25(22-13-9-6-10-14-22)24-16-15-23(17-26(24)29)30(27(32)33-28(2,3)4)18-21-11-7-5-8-12-21/h5-17,19H,18H2,1-4H3. The van der Waals surface area contributed by atoms with Gasteiger partial charge in [0, 0.05) is 29.8 Å². The molecule has 0 spiro atoms. The maximum Gasteiger partial charge on any atom is 0.415 e. The highest BCUT2D eigenvalue weighted by atomic mass is 16.6. The highest BCUT2D eigenvalue weighted by Gasteiger charge is 2.25. The fourth-order valence-electron chi connectivity index (χ4n) is 3.84. The fourth-order valence-corrected chi connectivity index (χ4v) is 3.84. The second-order valence-corrected chi connectivity index (χ2v) is 9.05. The Morgan fingerprint density at radius 2 is 1.55 bits per heavy atom. The Labute approximate surface area is 194 Å². The molecule has 4 aromatic rings. The fraction of sp³-hybridized carbons (Fsp3) is 0.214. The zero-order chi connectivity index (χ0) is 23.6. The van der Waals surface area contributed by atoms with Crippen LogP contribution in [-0.2, 0) is 11.3 Å². The highest BCUT2D eigenvalue weighted by Crippen LogP contribution is 2.34. The van der Waals surface area contributed by atoms with E-state index in [-0.39, 0.29) is 5.91 Å². The summed E-state index contributed by atoms with van der Waals surface area (Å²) in [7, 11) is 0. The number of amides is 1. The van der Waals surface area contributed by atoms with E-state index in [0.29, 0.717) is 12.2 Å². The van der Waals surface area contributed by atoms with Gasteiger partial charge in [0.2, 0.25) is 5.91 Å². The van der Waals surface area contributed by atoms with Gasteiger partial charge in [0.1, 0.15) is 5.60 Å². The van der Waals surface area contributed by atoms with Gasteiger partial charge in [-0.3, -0.25) is 14.3 Å². The van der Waals surface area contributed by atoms with Crippen LogP contribution in [0.4, 0.5) is 10.5 Å². The van der Waals surface area contributed by atoms with Crippen LogP contribution >= 0.6 is 0 Å². The van der Waals surface area contributed by atoms with Gasteiger partial charge in [-0.15, -0.1) is 0 Å². The van der Waals surface area contributed by atoms with E-state index in [0.717, 1.165) is 27.6 Å². The van der Waals surface area contributed by atoms with E-state index < -0.39 is 11.7 Å². The number of rotatable bonds is 4. The number of hydrogen-bond donors (Lipinski definition) is 0. The molecule has 0 aliphatic carbocycles. The second-order valence-electron chi connectivity index (χ2n) is 9.05. The maximum absolute atomic E-state index is 13.2. The van der Waals surface area contributed by atoms with Crippen LogP contribution in [0.1, 0.15) is 38.1 Å². The lowest BCUT2D eigenvalue weighted by molar-refractivity contribution is 0.0577. The van der Waals surface area contributed by atoms with Gasteiger partial charge in [-0.1, -0.05) is 66.7 Å². The molecule has 4 rings (SSSR count). The number of ether oxygens (including phenoxy) is 1. The van der Waals surface area contributed by atoms with E-state index >= 15 is 0 Å². The van der Waals surface area contributed by atoms with Gasteiger partial charge < -0.3 is 4.74 Å². The van der Waals surface area contributed by atoms with Gasteiger partial charge in [0.15, 0.2) is 0 Å². The average molecular weight is 441 g/mol. The van der Waals surface area contributed by atoms with Crippen LogP contribution in [0, 0.1) is 0 Å². The summed E-state index contributed by atoms with van der Waals surface area (Å²) in [6, 6.07) is 25.5. The van der Waals surface area contributed by atoms with Gasteiger partial charge in [0.25, 0.3) is 0 Å². The summed E-state index contributed by atoms with van der Waals surface area (Å²) in [6.45, 7) is 7.44. The molecule has 33 heavy (non-hydrogen) atoms. The number of carbonyl (C=O) groups is 2. The molecule has 0 radical (unpaired) electrons. The minimum absolute atomic E-state index is 0.0915. The third-order valence-corrected chi connectivity index (χ3v) is 5.32. The van der Waals surface area contributed by atoms with E-state index in [4.69, 9.17) is 4.74 Å². The van der Waals surface area contributed by atoms with Crippen molar-refractivity contribution in [2.45, 2.75) is 39.8 Å². The smallest absolute Gasteiger partial charge is 0.415 e. The first-order chi connectivity index (χ1) is 15.7.